The fourth-order valence-electron chi connectivity index (χ4n) is 2.05. The molecule has 2 rings (SSSR count). The van der Waals surface area contributed by atoms with Crippen molar-refractivity contribution in [3.63, 3.8) is 0 Å². The van der Waals surface area contributed by atoms with Gasteiger partial charge in [0.1, 0.15) is 5.75 Å². The number of ether oxygens (including phenoxy) is 1. The van der Waals surface area contributed by atoms with Crippen LogP contribution in [0.3, 0.4) is 0 Å². The average Bonchev–Trinajstić information content (AvgIpc) is 2.44. The van der Waals surface area contributed by atoms with Crippen LogP contribution in [0.1, 0.15) is 21.5 Å². The minimum absolute atomic E-state index is 0.269. The number of hydrogen-bond acceptors (Lipinski definition) is 3. The van der Waals surface area contributed by atoms with E-state index in [0.29, 0.717) is 27.7 Å². The topological polar surface area (TPSA) is 64.3 Å². The second kappa shape index (κ2) is 6.06. The van der Waals surface area contributed by atoms with Crippen LogP contribution in [0.5, 0.6) is 5.75 Å². The van der Waals surface area contributed by atoms with Crippen molar-refractivity contribution in [1.29, 1.82) is 0 Å². The molecule has 0 saturated heterocycles. The lowest BCUT2D eigenvalue weighted by Gasteiger charge is -2.13. The number of anilines is 2. The van der Waals surface area contributed by atoms with Crippen LogP contribution >= 0.6 is 11.6 Å². The summed E-state index contributed by atoms with van der Waals surface area (Å²) in [5, 5.41) is 3.36. The second-order valence-electron chi connectivity index (χ2n) is 4.82. The van der Waals surface area contributed by atoms with E-state index >= 15 is 0 Å². The molecular weight excluding hydrogens is 288 g/mol. The summed E-state index contributed by atoms with van der Waals surface area (Å²) >= 11 is 5.90. The van der Waals surface area contributed by atoms with Crippen LogP contribution in [0, 0.1) is 13.8 Å². The Bertz CT molecular complexity index is 699. The monoisotopic (exact) mass is 304 g/mol. The predicted molar refractivity (Wildman–Crippen MR) is 86.3 cm³/mol. The SMILES string of the molecule is COc1cc(Cl)ccc1C(=O)Nc1cc(N)c(C)cc1C. The number of benzene rings is 2. The Morgan fingerprint density at radius 1 is 1.19 bits per heavy atom. The number of aryl methyl sites for hydroxylation is 2. The van der Waals surface area contributed by atoms with E-state index in [9.17, 15) is 4.79 Å². The first-order chi connectivity index (χ1) is 9.92. The van der Waals surface area contributed by atoms with Gasteiger partial charge in [0.25, 0.3) is 5.91 Å². The third kappa shape index (κ3) is 3.28. The van der Waals surface area contributed by atoms with Gasteiger partial charge in [-0.3, -0.25) is 4.79 Å². The normalized spacial score (nSPS) is 10.3. The molecule has 5 heteroatoms. The number of carbonyl (C=O) groups is 1. The highest BCUT2D eigenvalue weighted by atomic mass is 35.5. The fraction of sp³-hybridized carbons (Fsp3) is 0.188. The predicted octanol–water partition coefficient (Wildman–Crippen LogP) is 3.80. The van der Waals surface area contributed by atoms with Gasteiger partial charge < -0.3 is 15.8 Å². The molecular formula is C16H17ClN2O2. The highest BCUT2D eigenvalue weighted by Crippen LogP contribution is 2.26. The number of amides is 1. The van der Waals surface area contributed by atoms with Crippen molar-refractivity contribution in [2.45, 2.75) is 13.8 Å². The Kier molecular flexibility index (Phi) is 4.38. The van der Waals surface area contributed by atoms with Gasteiger partial charge in [-0.25, -0.2) is 0 Å². The van der Waals surface area contributed by atoms with Crippen LogP contribution in [-0.4, -0.2) is 13.0 Å². The van der Waals surface area contributed by atoms with Gasteiger partial charge in [-0.1, -0.05) is 17.7 Å². The molecule has 2 aromatic carbocycles. The maximum atomic E-state index is 12.4. The van der Waals surface area contributed by atoms with Crippen LogP contribution in [0.4, 0.5) is 11.4 Å². The zero-order valence-corrected chi connectivity index (χ0v) is 12.9. The Labute approximate surface area is 128 Å². The van der Waals surface area contributed by atoms with Gasteiger partial charge in [-0.2, -0.15) is 0 Å². The Morgan fingerprint density at radius 2 is 1.90 bits per heavy atom. The number of hydrogen-bond donors (Lipinski definition) is 2. The Hall–Kier alpha value is -2.20. The molecule has 0 fully saturated rings. The van der Waals surface area contributed by atoms with E-state index in [1.165, 1.54) is 7.11 Å². The van der Waals surface area contributed by atoms with E-state index in [1.807, 2.05) is 19.9 Å². The molecule has 0 aliphatic rings. The molecule has 0 spiro atoms. The van der Waals surface area contributed by atoms with Crippen LogP contribution in [-0.2, 0) is 0 Å². The molecule has 110 valence electrons. The zero-order valence-electron chi connectivity index (χ0n) is 12.2. The highest BCUT2D eigenvalue weighted by Gasteiger charge is 2.14. The highest BCUT2D eigenvalue weighted by molar-refractivity contribution is 6.31. The first-order valence-corrected chi connectivity index (χ1v) is 6.81. The minimum Gasteiger partial charge on any atom is -0.496 e. The largest absolute Gasteiger partial charge is 0.496 e. The minimum atomic E-state index is -0.269. The lowest BCUT2D eigenvalue weighted by Crippen LogP contribution is -2.14. The standard InChI is InChI=1S/C16H17ClN2O2/c1-9-6-10(2)14(8-13(9)18)19-16(20)12-5-4-11(17)7-15(12)21-3/h4-8H,18H2,1-3H3,(H,19,20). The number of nitrogens with two attached hydrogens (primary N) is 1. The summed E-state index contributed by atoms with van der Waals surface area (Å²) in [5.41, 5.74) is 9.55. The quantitative estimate of drug-likeness (QED) is 0.848. The van der Waals surface area contributed by atoms with Crippen molar-refractivity contribution < 1.29 is 9.53 Å². The van der Waals surface area contributed by atoms with Crippen molar-refractivity contribution in [3.05, 3.63) is 52.0 Å². The van der Waals surface area contributed by atoms with Crippen molar-refractivity contribution in [1.82, 2.24) is 0 Å². The summed E-state index contributed by atoms with van der Waals surface area (Å²) in [6.07, 6.45) is 0. The van der Waals surface area contributed by atoms with Crippen LogP contribution in [0.2, 0.25) is 5.02 Å². The summed E-state index contributed by atoms with van der Waals surface area (Å²) < 4.78 is 5.19. The van der Waals surface area contributed by atoms with Gasteiger partial charge >= 0.3 is 0 Å². The van der Waals surface area contributed by atoms with E-state index < -0.39 is 0 Å². The molecule has 4 nitrogen and oxygen atoms in total. The smallest absolute Gasteiger partial charge is 0.259 e. The van der Waals surface area contributed by atoms with E-state index in [4.69, 9.17) is 22.1 Å². The van der Waals surface area contributed by atoms with E-state index in [1.54, 1.807) is 24.3 Å². The molecule has 3 N–H and O–H groups in total. The summed E-state index contributed by atoms with van der Waals surface area (Å²) in [4.78, 5) is 12.4. The van der Waals surface area contributed by atoms with Crippen molar-refractivity contribution in [2.24, 2.45) is 0 Å². The van der Waals surface area contributed by atoms with Crippen LogP contribution in [0.25, 0.3) is 0 Å². The lowest BCUT2D eigenvalue weighted by molar-refractivity contribution is 0.102. The maximum Gasteiger partial charge on any atom is 0.259 e. The summed E-state index contributed by atoms with van der Waals surface area (Å²) in [6.45, 7) is 3.84. The maximum absolute atomic E-state index is 12.4. The number of methoxy groups -OCH3 is 1. The number of rotatable bonds is 3. The van der Waals surface area contributed by atoms with Gasteiger partial charge in [-0.05, 0) is 49.2 Å². The van der Waals surface area contributed by atoms with Gasteiger partial charge in [-0.15, -0.1) is 0 Å². The first kappa shape index (κ1) is 15.2. The average molecular weight is 305 g/mol. The summed E-state index contributed by atoms with van der Waals surface area (Å²) in [7, 11) is 1.50. The molecule has 1 amide bonds. The van der Waals surface area contributed by atoms with Crippen LogP contribution < -0.4 is 15.8 Å². The molecule has 2 aromatic rings. The molecule has 0 aliphatic heterocycles. The van der Waals surface area contributed by atoms with E-state index in [-0.39, 0.29) is 5.91 Å². The molecule has 0 radical (unpaired) electrons. The van der Waals surface area contributed by atoms with Gasteiger partial charge in [0.15, 0.2) is 0 Å². The molecule has 0 aromatic heterocycles. The molecule has 0 saturated carbocycles. The second-order valence-corrected chi connectivity index (χ2v) is 5.26. The van der Waals surface area contributed by atoms with Crippen molar-refractivity contribution in [3.8, 4) is 5.75 Å². The Morgan fingerprint density at radius 3 is 2.57 bits per heavy atom. The Balaban J connectivity index is 2.32. The van der Waals surface area contributed by atoms with E-state index in [2.05, 4.69) is 5.32 Å². The summed E-state index contributed by atoms with van der Waals surface area (Å²) in [6, 6.07) is 8.57. The zero-order chi connectivity index (χ0) is 15.6. The molecule has 0 heterocycles. The van der Waals surface area contributed by atoms with Crippen molar-refractivity contribution >= 4 is 28.9 Å². The van der Waals surface area contributed by atoms with Gasteiger partial charge in [0.2, 0.25) is 0 Å². The number of nitrogens with one attached hydrogen (secondary N) is 1. The number of nitrogen functional groups attached to an aromatic ring is 1. The van der Waals surface area contributed by atoms with Gasteiger partial charge in [0.05, 0.1) is 12.7 Å². The molecule has 21 heavy (non-hydrogen) atoms. The fourth-order valence-corrected chi connectivity index (χ4v) is 2.21. The lowest BCUT2D eigenvalue weighted by atomic mass is 10.1. The number of carbonyl (C=O) groups excluding carboxylic acids is 1. The summed E-state index contributed by atoms with van der Waals surface area (Å²) in [5.74, 6) is 0.160. The molecule has 0 aliphatic carbocycles. The molecule has 0 atom stereocenters. The van der Waals surface area contributed by atoms with Gasteiger partial charge in [0, 0.05) is 16.4 Å². The molecule has 0 bridgehead atoms. The van der Waals surface area contributed by atoms with Crippen molar-refractivity contribution in [2.75, 3.05) is 18.2 Å². The third-order valence-electron chi connectivity index (χ3n) is 3.27. The number of halogens is 1. The first-order valence-electron chi connectivity index (χ1n) is 6.44. The molecule has 0 unspecified atom stereocenters. The third-order valence-corrected chi connectivity index (χ3v) is 3.50. The van der Waals surface area contributed by atoms with E-state index in [0.717, 1.165) is 11.1 Å². The van der Waals surface area contributed by atoms with Crippen LogP contribution in [0.15, 0.2) is 30.3 Å².